The molecular formula is C23H18ClF2N5O3S. The van der Waals surface area contributed by atoms with Crippen molar-refractivity contribution in [1.29, 1.82) is 5.26 Å². The molecule has 1 aromatic heterocycles. The minimum atomic E-state index is -1.08. The molecule has 5 rings (SSSR count). The molecule has 3 heterocycles. The van der Waals surface area contributed by atoms with Crippen LogP contribution in [0.5, 0.6) is 0 Å². The lowest BCUT2D eigenvalue weighted by atomic mass is 10.0. The molecule has 0 bridgehead atoms. The Morgan fingerprint density at radius 1 is 1.29 bits per heavy atom. The molecule has 0 unspecified atom stereocenters. The molecule has 1 atom stereocenters. The number of amides is 1. The molecule has 0 aliphatic carbocycles. The number of halogens is 3. The van der Waals surface area contributed by atoms with Gasteiger partial charge in [-0.05, 0) is 18.2 Å². The fraction of sp³-hybridized carbons (Fsp3) is 0.304. The van der Waals surface area contributed by atoms with E-state index in [2.05, 4.69) is 11.1 Å². The van der Waals surface area contributed by atoms with Crippen molar-refractivity contribution < 1.29 is 18.7 Å². The second-order valence-electron chi connectivity index (χ2n) is 8.24. The number of anilines is 1. The van der Waals surface area contributed by atoms with Crippen molar-refractivity contribution in [3.8, 4) is 17.2 Å². The molecule has 12 heteroatoms. The lowest BCUT2D eigenvalue weighted by Crippen LogP contribution is -2.55. The number of aromatic nitrogens is 2. The van der Waals surface area contributed by atoms with E-state index >= 15 is 0 Å². The second kappa shape index (κ2) is 9.02. The van der Waals surface area contributed by atoms with Gasteiger partial charge in [0.15, 0.2) is 0 Å². The first-order chi connectivity index (χ1) is 16.8. The molecule has 1 N–H and O–H groups in total. The summed E-state index contributed by atoms with van der Waals surface area (Å²) in [6.07, 6.45) is -1.05. The van der Waals surface area contributed by atoms with Crippen LogP contribution < -0.4 is 10.6 Å². The molecule has 2 aliphatic heterocycles. The van der Waals surface area contributed by atoms with Crippen LogP contribution in [-0.2, 0) is 6.54 Å². The summed E-state index contributed by atoms with van der Waals surface area (Å²) >= 11 is 8.10. The molecule has 2 aliphatic rings. The Kier molecular flexibility index (Phi) is 6.02. The summed E-state index contributed by atoms with van der Waals surface area (Å²) in [5.74, 6) is -0.635. The molecule has 8 nitrogen and oxygen atoms in total. The van der Waals surface area contributed by atoms with Crippen LogP contribution in [0.25, 0.3) is 22.0 Å². The highest BCUT2D eigenvalue weighted by Crippen LogP contribution is 2.46. The molecule has 2 aromatic carbocycles. The Hall–Kier alpha value is -3.36. The number of carbonyl (C=O) groups is 1. The van der Waals surface area contributed by atoms with Gasteiger partial charge in [0, 0.05) is 59.4 Å². The van der Waals surface area contributed by atoms with E-state index in [0.29, 0.717) is 39.5 Å². The largest absolute Gasteiger partial charge is 0.465 e. The molecule has 1 saturated heterocycles. The van der Waals surface area contributed by atoms with E-state index in [-0.39, 0.29) is 36.6 Å². The molecule has 0 spiro atoms. The summed E-state index contributed by atoms with van der Waals surface area (Å²) in [6.45, 7) is 0.890. The van der Waals surface area contributed by atoms with Gasteiger partial charge in [0.2, 0.25) is 0 Å². The van der Waals surface area contributed by atoms with Crippen LogP contribution in [0, 0.1) is 23.0 Å². The summed E-state index contributed by atoms with van der Waals surface area (Å²) in [5.41, 5.74) is 0.530. The monoisotopic (exact) mass is 517 g/mol. The Bertz CT molecular complexity index is 1470. The first-order valence-corrected chi connectivity index (χ1v) is 12.1. The van der Waals surface area contributed by atoms with Crippen LogP contribution in [0.4, 0.5) is 19.4 Å². The third-order valence-corrected chi connectivity index (χ3v) is 7.64. The SMILES string of the molecule is N#CC[C@@H]1CN(C(=O)O)CCN1c1nc(=O)n2c3c(c(-c4ccc(F)cc4F)c(Cl)cc13)SCC2. The minimum Gasteiger partial charge on any atom is -0.465 e. The van der Waals surface area contributed by atoms with Crippen LogP contribution >= 0.6 is 23.4 Å². The zero-order valence-electron chi connectivity index (χ0n) is 18.2. The molecule has 1 amide bonds. The highest BCUT2D eigenvalue weighted by Gasteiger charge is 2.33. The van der Waals surface area contributed by atoms with E-state index in [1.165, 1.54) is 27.3 Å². The lowest BCUT2D eigenvalue weighted by molar-refractivity contribution is 0.135. The zero-order chi connectivity index (χ0) is 24.9. The lowest BCUT2D eigenvalue weighted by Gasteiger charge is -2.40. The maximum absolute atomic E-state index is 14.8. The van der Waals surface area contributed by atoms with E-state index in [0.717, 1.165) is 12.1 Å². The van der Waals surface area contributed by atoms with Gasteiger partial charge in [0.05, 0.1) is 29.1 Å². The Morgan fingerprint density at radius 2 is 2.09 bits per heavy atom. The topological polar surface area (TPSA) is 102 Å². The summed E-state index contributed by atoms with van der Waals surface area (Å²) in [6, 6.07) is 6.44. The van der Waals surface area contributed by atoms with E-state index in [9.17, 15) is 28.7 Å². The number of piperazine rings is 1. The van der Waals surface area contributed by atoms with Crippen LogP contribution in [0.15, 0.2) is 34.0 Å². The highest BCUT2D eigenvalue weighted by atomic mass is 35.5. The van der Waals surface area contributed by atoms with E-state index in [1.807, 2.05) is 0 Å². The normalized spacial score (nSPS) is 17.5. The highest BCUT2D eigenvalue weighted by molar-refractivity contribution is 7.99. The van der Waals surface area contributed by atoms with Gasteiger partial charge in [0.1, 0.15) is 17.5 Å². The summed E-state index contributed by atoms with van der Waals surface area (Å²) in [5, 5.41) is 19.5. The predicted octanol–water partition coefficient (Wildman–Crippen LogP) is 4.18. The van der Waals surface area contributed by atoms with Crippen molar-refractivity contribution in [2.45, 2.75) is 23.9 Å². The fourth-order valence-corrected chi connectivity index (χ4v) is 6.26. The zero-order valence-corrected chi connectivity index (χ0v) is 19.7. The third-order valence-electron chi connectivity index (χ3n) is 6.26. The van der Waals surface area contributed by atoms with E-state index in [4.69, 9.17) is 11.6 Å². The first kappa shape index (κ1) is 23.4. The number of carboxylic acid groups (broad SMARTS) is 1. The van der Waals surface area contributed by atoms with Gasteiger partial charge < -0.3 is 14.9 Å². The van der Waals surface area contributed by atoms with Crippen molar-refractivity contribution in [1.82, 2.24) is 14.5 Å². The van der Waals surface area contributed by atoms with Crippen molar-refractivity contribution >= 4 is 46.2 Å². The molecular weight excluding hydrogens is 500 g/mol. The average Bonchev–Trinajstić information content (AvgIpc) is 2.82. The number of benzene rings is 2. The van der Waals surface area contributed by atoms with Crippen molar-refractivity contribution in [2.24, 2.45) is 0 Å². The van der Waals surface area contributed by atoms with Crippen molar-refractivity contribution in [3.63, 3.8) is 0 Å². The van der Waals surface area contributed by atoms with Gasteiger partial charge in [0.25, 0.3) is 0 Å². The molecule has 35 heavy (non-hydrogen) atoms. The number of hydrogen-bond donors (Lipinski definition) is 1. The minimum absolute atomic E-state index is 0.0320. The van der Waals surface area contributed by atoms with Gasteiger partial charge >= 0.3 is 11.8 Å². The second-order valence-corrected chi connectivity index (χ2v) is 9.75. The van der Waals surface area contributed by atoms with Crippen LogP contribution in [0.1, 0.15) is 6.42 Å². The van der Waals surface area contributed by atoms with Gasteiger partial charge in [-0.15, -0.1) is 11.8 Å². The average molecular weight is 518 g/mol. The van der Waals surface area contributed by atoms with E-state index < -0.39 is 29.5 Å². The molecule has 0 radical (unpaired) electrons. The van der Waals surface area contributed by atoms with Crippen molar-refractivity contribution in [2.75, 3.05) is 30.3 Å². The number of aryl methyl sites for hydroxylation is 1. The Morgan fingerprint density at radius 3 is 2.80 bits per heavy atom. The Balaban J connectivity index is 1.75. The summed E-state index contributed by atoms with van der Waals surface area (Å²) < 4.78 is 29.8. The fourth-order valence-electron chi connectivity index (χ4n) is 4.70. The smallest absolute Gasteiger partial charge is 0.407 e. The third kappa shape index (κ3) is 3.96. The standard InChI is InChI=1S/C23H18ClF2N5O3S/c24-16-10-15-19-20(18(16)14-2-1-12(25)9-17(14)26)35-8-7-31(19)22(32)28-21(15)30-6-5-29(23(33)34)11-13(30)3-4-27/h1-2,9-10,13H,3,5-8,11H2,(H,33,34)/t13-/m1/s1. The number of hydrogen-bond acceptors (Lipinski definition) is 6. The Labute approximate surface area is 207 Å². The molecule has 0 saturated carbocycles. The maximum atomic E-state index is 14.8. The van der Waals surface area contributed by atoms with Gasteiger partial charge in [-0.1, -0.05) is 11.6 Å². The van der Waals surface area contributed by atoms with Crippen LogP contribution in [0.3, 0.4) is 0 Å². The van der Waals surface area contributed by atoms with Gasteiger partial charge in [-0.2, -0.15) is 10.2 Å². The molecule has 1 fully saturated rings. The number of nitrogens with zero attached hydrogens (tertiary/aromatic N) is 5. The summed E-state index contributed by atoms with van der Waals surface area (Å²) in [4.78, 5) is 32.5. The number of thioether (sulfide) groups is 1. The van der Waals surface area contributed by atoms with Crippen molar-refractivity contribution in [3.05, 3.63) is 51.4 Å². The van der Waals surface area contributed by atoms with E-state index in [1.54, 1.807) is 11.0 Å². The summed E-state index contributed by atoms with van der Waals surface area (Å²) in [7, 11) is 0. The van der Waals surface area contributed by atoms with Gasteiger partial charge in [-0.3, -0.25) is 4.57 Å². The first-order valence-electron chi connectivity index (χ1n) is 10.8. The predicted molar refractivity (Wildman–Crippen MR) is 128 cm³/mol. The van der Waals surface area contributed by atoms with Crippen LogP contribution in [-0.4, -0.2) is 57.1 Å². The van der Waals surface area contributed by atoms with Crippen LogP contribution in [0.2, 0.25) is 5.02 Å². The maximum Gasteiger partial charge on any atom is 0.407 e. The number of nitriles is 1. The molecule has 3 aromatic rings. The van der Waals surface area contributed by atoms with Gasteiger partial charge in [-0.25, -0.2) is 18.4 Å². The quantitative estimate of drug-likeness (QED) is 0.556. The number of rotatable bonds is 3. The molecule has 180 valence electrons.